The number of aromatic amines is 1. The molecule has 2 aromatic heterocycles. The zero-order valence-corrected chi connectivity index (χ0v) is 11.9. The Morgan fingerprint density at radius 1 is 1.45 bits per heavy atom. The van der Waals surface area contributed by atoms with Gasteiger partial charge in [0.05, 0.1) is 18.3 Å². The predicted molar refractivity (Wildman–Crippen MR) is 77.3 cm³/mol. The first-order valence-corrected chi connectivity index (χ1v) is 7.02. The zero-order valence-electron chi connectivity index (χ0n) is 11.9. The zero-order chi connectivity index (χ0) is 13.9. The number of aromatic nitrogens is 4. The van der Waals surface area contributed by atoms with Gasteiger partial charge in [-0.15, -0.1) is 0 Å². The van der Waals surface area contributed by atoms with Gasteiger partial charge < -0.3 is 10.3 Å². The largest absolute Gasteiger partial charge is 0.373 e. The third-order valence-corrected chi connectivity index (χ3v) is 3.73. The molecule has 1 saturated heterocycles. The first kappa shape index (κ1) is 13.1. The molecule has 0 unspecified atom stereocenters. The fourth-order valence-electron chi connectivity index (χ4n) is 2.82. The minimum atomic E-state index is 0.355. The summed E-state index contributed by atoms with van der Waals surface area (Å²) in [6.07, 6.45) is 6.01. The summed E-state index contributed by atoms with van der Waals surface area (Å²) in [4.78, 5) is 18.9. The standard InChI is InChI=1S/C14H20N6/c1-10-18-11(8-13(15-2)19-10)12-4-3-7-20(12)9-14-16-5-6-17-14/h5-6,8,12H,3-4,7,9H2,1-2H3,(H,16,17)(H,15,18,19)/t12-/m1/s1. The van der Waals surface area contributed by atoms with Crippen molar-refractivity contribution in [2.45, 2.75) is 32.4 Å². The van der Waals surface area contributed by atoms with Crippen molar-refractivity contribution in [3.8, 4) is 0 Å². The second-order valence-electron chi connectivity index (χ2n) is 5.14. The van der Waals surface area contributed by atoms with E-state index in [1.54, 1.807) is 6.20 Å². The Morgan fingerprint density at radius 3 is 3.10 bits per heavy atom. The van der Waals surface area contributed by atoms with Crippen LogP contribution in [-0.2, 0) is 6.54 Å². The first-order valence-electron chi connectivity index (χ1n) is 7.02. The average Bonchev–Trinajstić information content (AvgIpc) is 3.10. The van der Waals surface area contributed by atoms with Crippen molar-refractivity contribution in [3.05, 3.63) is 35.8 Å². The van der Waals surface area contributed by atoms with Gasteiger partial charge in [-0.25, -0.2) is 15.0 Å². The van der Waals surface area contributed by atoms with E-state index in [-0.39, 0.29) is 0 Å². The number of aryl methyl sites for hydroxylation is 1. The maximum absolute atomic E-state index is 4.62. The van der Waals surface area contributed by atoms with Gasteiger partial charge >= 0.3 is 0 Å². The van der Waals surface area contributed by atoms with Crippen molar-refractivity contribution in [1.82, 2.24) is 24.8 Å². The minimum absolute atomic E-state index is 0.355. The Labute approximate surface area is 118 Å². The summed E-state index contributed by atoms with van der Waals surface area (Å²) in [5.41, 5.74) is 1.10. The summed E-state index contributed by atoms with van der Waals surface area (Å²) >= 11 is 0. The molecule has 1 fully saturated rings. The van der Waals surface area contributed by atoms with Crippen LogP contribution in [0.25, 0.3) is 0 Å². The van der Waals surface area contributed by atoms with Gasteiger partial charge in [0.2, 0.25) is 0 Å². The van der Waals surface area contributed by atoms with Crippen LogP contribution in [0.15, 0.2) is 18.5 Å². The summed E-state index contributed by atoms with van der Waals surface area (Å²) in [6, 6.07) is 2.41. The molecule has 0 spiro atoms. The molecule has 2 aromatic rings. The Kier molecular flexibility index (Phi) is 3.64. The summed E-state index contributed by atoms with van der Waals surface area (Å²) in [5.74, 6) is 2.71. The van der Waals surface area contributed by atoms with Gasteiger partial charge in [-0.2, -0.15) is 0 Å². The summed E-state index contributed by atoms with van der Waals surface area (Å²) < 4.78 is 0. The highest BCUT2D eigenvalue weighted by Gasteiger charge is 2.28. The van der Waals surface area contributed by atoms with E-state index in [1.807, 2.05) is 20.2 Å². The minimum Gasteiger partial charge on any atom is -0.373 e. The Hall–Kier alpha value is -1.95. The molecule has 0 bridgehead atoms. The van der Waals surface area contributed by atoms with Crippen molar-refractivity contribution in [2.24, 2.45) is 0 Å². The molecule has 1 aliphatic rings. The summed E-state index contributed by atoms with van der Waals surface area (Å²) in [5, 5.41) is 3.10. The third-order valence-electron chi connectivity index (χ3n) is 3.73. The first-order chi connectivity index (χ1) is 9.76. The van der Waals surface area contributed by atoms with Crippen LogP contribution in [0.1, 0.15) is 36.2 Å². The number of rotatable bonds is 4. The van der Waals surface area contributed by atoms with Gasteiger partial charge in [-0.05, 0) is 26.3 Å². The van der Waals surface area contributed by atoms with E-state index in [9.17, 15) is 0 Å². The normalized spacial score (nSPS) is 19.4. The summed E-state index contributed by atoms with van der Waals surface area (Å²) in [7, 11) is 1.89. The number of likely N-dealkylation sites (tertiary alicyclic amines) is 1. The van der Waals surface area contributed by atoms with Crippen LogP contribution in [0.5, 0.6) is 0 Å². The van der Waals surface area contributed by atoms with E-state index in [0.717, 1.165) is 42.7 Å². The number of anilines is 1. The molecule has 3 heterocycles. The average molecular weight is 272 g/mol. The lowest BCUT2D eigenvalue weighted by Gasteiger charge is -2.23. The number of nitrogens with zero attached hydrogens (tertiary/aromatic N) is 4. The Morgan fingerprint density at radius 2 is 2.35 bits per heavy atom. The van der Waals surface area contributed by atoms with Crippen LogP contribution < -0.4 is 5.32 Å². The van der Waals surface area contributed by atoms with Crippen molar-refractivity contribution < 1.29 is 0 Å². The highest BCUT2D eigenvalue weighted by molar-refractivity contribution is 5.36. The molecule has 106 valence electrons. The second-order valence-corrected chi connectivity index (χ2v) is 5.14. The molecule has 2 N–H and O–H groups in total. The van der Waals surface area contributed by atoms with Crippen LogP contribution in [-0.4, -0.2) is 38.4 Å². The van der Waals surface area contributed by atoms with Gasteiger partial charge in [0.1, 0.15) is 17.5 Å². The molecule has 0 aliphatic carbocycles. The van der Waals surface area contributed by atoms with E-state index in [0.29, 0.717) is 6.04 Å². The maximum atomic E-state index is 4.62. The van der Waals surface area contributed by atoms with Gasteiger partial charge in [0, 0.05) is 25.5 Å². The van der Waals surface area contributed by atoms with Gasteiger partial charge in [-0.1, -0.05) is 0 Å². The van der Waals surface area contributed by atoms with Crippen LogP contribution in [0.2, 0.25) is 0 Å². The van der Waals surface area contributed by atoms with E-state index in [4.69, 9.17) is 0 Å². The van der Waals surface area contributed by atoms with Crippen molar-refractivity contribution in [1.29, 1.82) is 0 Å². The van der Waals surface area contributed by atoms with E-state index in [2.05, 4.69) is 36.2 Å². The molecule has 6 heteroatoms. The van der Waals surface area contributed by atoms with Crippen LogP contribution in [0.3, 0.4) is 0 Å². The van der Waals surface area contributed by atoms with E-state index in [1.165, 1.54) is 6.42 Å². The lowest BCUT2D eigenvalue weighted by atomic mass is 10.1. The van der Waals surface area contributed by atoms with E-state index < -0.39 is 0 Å². The van der Waals surface area contributed by atoms with Gasteiger partial charge in [-0.3, -0.25) is 4.90 Å². The molecule has 0 saturated carbocycles. The molecule has 0 amide bonds. The summed E-state index contributed by atoms with van der Waals surface area (Å²) in [6.45, 7) is 3.87. The highest BCUT2D eigenvalue weighted by Crippen LogP contribution is 2.32. The molecule has 1 atom stereocenters. The monoisotopic (exact) mass is 272 g/mol. The number of imidazole rings is 1. The Balaban J connectivity index is 1.82. The molecule has 0 aromatic carbocycles. The SMILES string of the molecule is CNc1cc([C@H]2CCCN2Cc2ncc[nH]2)nc(C)n1. The molecular weight excluding hydrogens is 252 g/mol. The highest BCUT2D eigenvalue weighted by atomic mass is 15.2. The number of hydrogen-bond donors (Lipinski definition) is 2. The smallest absolute Gasteiger partial charge is 0.129 e. The number of nitrogens with one attached hydrogen (secondary N) is 2. The lowest BCUT2D eigenvalue weighted by molar-refractivity contribution is 0.238. The van der Waals surface area contributed by atoms with E-state index >= 15 is 0 Å². The molecule has 3 rings (SSSR count). The molecule has 6 nitrogen and oxygen atoms in total. The third kappa shape index (κ3) is 2.65. The van der Waals surface area contributed by atoms with Crippen molar-refractivity contribution in [3.63, 3.8) is 0 Å². The van der Waals surface area contributed by atoms with Crippen LogP contribution in [0, 0.1) is 6.92 Å². The molecule has 1 aliphatic heterocycles. The maximum Gasteiger partial charge on any atom is 0.129 e. The fourth-order valence-corrected chi connectivity index (χ4v) is 2.82. The van der Waals surface area contributed by atoms with Crippen LogP contribution >= 0.6 is 0 Å². The van der Waals surface area contributed by atoms with Crippen LogP contribution in [0.4, 0.5) is 5.82 Å². The van der Waals surface area contributed by atoms with Gasteiger partial charge in [0.25, 0.3) is 0 Å². The predicted octanol–water partition coefficient (Wildman–Crippen LogP) is 1.89. The fraction of sp³-hybridized carbons (Fsp3) is 0.500. The molecular formula is C14H20N6. The second kappa shape index (κ2) is 5.58. The molecule has 20 heavy (non-hydrogen) atoms. The number of hydrogen-bond acceptors (Lipinski definition) is 5. The Bertz CT molecular complexity index is 565. The van der Waals surface area contributed by atoms with Gasteiger partial charge in [0.15, 0.2) is 0 Å². The number of H-pyrrole nitrogens is 1. The van der Waals surface area contributed by atoms with Crippen molar-refractivity contribution in [2.75, 3.05) is 18.9 Å². The molecule has 0 radical (unpaired) electrons. The van der Waals surface area contributed by atoms with Crippen molar-refractivity contribution >= 4 is 5.82 Å². The quantitative estimate of drug-likeness (QED) is 0.889. The topological polar surface area (TPSA) is 69.7 Å². The lowest BCUT2D eigenvalue weighted by Crippen LogP contribution is -2.24.